The zero-order chi connectivity index (χ0) is 21.3. The summed E-state index contributed by atoms with van der Waals surface area (Å²) < 4.78 is 13.6. The molecule has 3 heterocycles. The summed E-state index contributed by atoms with van der Waals surface area (Å²) in [4.78, 5) is 17.9. The number of thioether (sulfide) groups is 1. The molecule has 2 aliphatic rings. The molecule has 8 heteroatoms. The number of amides is 1. The van der Waals surface area contributed by atoms with E-state index in [9.17, 15) is 4.79 Å². The maximum Gasteiger partial charge on any atom is 0.266 e. The highest BCUT2D eigenvalue weighted by atomic mass is 32.2. The van der Waals surface area contributed by atoms with E-state index >= 15 is 0 Å². The maximum absolute atomic E-state index is 13.1. The monoisotopic (exact) mass is 445 g/mol. The Kier molecular flexibility index (Phi) is 6.48. The summed E-state index contributed by atoms with van der Waals surface area (Å²) in [5.74, 6) is 0.810. The van der Waals surface area contributed by atoms with E-state index < -0.39 is 0 Å². The summed E-state index contributed by atoms with van der Waals surface area (Å²) in [6, 6.07) is 6.03. The highest BCUT2D eigenvalue weighted by molar-refractivity contribution is 8.26. The van der Waals surface area contributed by atoms with Gasteiger partial charge < -0.3 is 14.0 Å². The van der Waals surface area contributed by atoms with Crippen LogP contribution < -0.4 is 4.74 Å². The maximum atomic E-state index is 13.1. The molecule has 6 nitrogen and oxygen atoms in total. The first-order valence-corrected chi connectivity index (χ1v) is 11.4. The van der Waals surface area contributed by atoms with Gasteiger partial charge in [0, 0.05) is 55.4 Å². The normalized spacial score (nSPS) is 19.4. The van der Waals surface area contributed by atoms with Crippen LogP contribution in [0, 0.1) is 6.92 Å². The number of hydrogen-bond acceptors (Lipinski definition) is 6. The molecule has 0 aliphatic carbocycles. The Hall–Kier alpha value is -1.87. The van der Waals surface area contributed by atoms with Crippen LogP contribution in [-0.4, -0.2) is 71.1 Å². The molecule has 0 spiro atoms. The average Bonchev–Trinajstić information content (AvgIpc) is 3.16. The van der Waals surface area contributed by atoms with Gasteiger partial charge in [-0.1, -0.05) is 24.0 Å². The van der Waals surface area contributed by atoms with Crippen molar-refractivity contribution in [1.82, 2.24) is 14.4 Å². The number of aryl methyl sites for hydroxylation is 1. The van der Waals surface area contributed by atoms with Gasteiger partial charge in [-0.2, -0.15) is 0 Å². The lowest BCUT2D eigenvalue weighted by molar-refractivity contribution is -0.122. The van der Waals surface area contributed by atoms with Gasteiger partial charge in [0.2, 0.25) is 0 Å². The first-order valence-electron chi connectivity index (χ1n) is 10.2. The SMILES string of the molecule is COc1ccc2c(c1)c(/C=C1\SC(=S)N(CCCN3CCOCC3)C1=O)c(C)n2C. The molecule has 4 rings (SSSR count). The van der Waals surface area contributed by atoms with Gasteiger partial charge in [0.05, 0.1) is 25.2 Å². The number of methoxy groups -OCH3 is 1. The number of carbonyl (C=O) groups excluding carboxylic acids is 1. The zero-order valence-corrected chi connectivity index (χ0v) is 19.3. The molecule has 2 fully saturated rings. The van der Waals surface area contributed by atoms with E-state index in [0.29, 0.717) is 15.8 Å². The van der Waals surface area contributed by atoms with Gasteiger partial charge in [-0.25, -0.2) is 0 Å². The fourth-order valence-corrected chi connectivity index (χ4v) is 5.28. The average molecular weight is 446 g/mol. The van der Waals surface area contributed by atoms with Crippen molar-refractivity contribution >= 4 is 51.2 Å². The minimum Gasteiger partial charge on any atom is -0.497 e. The largest absolute Gasteiger partial charge is 0.497 e. The Morgan fingerprint density at radius 3 is 2.77 bits per heavy atom. The lowest BCUT2D eigenvalue weighted by Crippen LogP contribution is -2.38. The number of thiocarbonyl (C=S) groups is 1. The molecule has 2 aliphatic heterocycles. The molecule has 0 unspecified atom stereocenters. The van der Waals surface area contributed by atoms with E-state index in [1.165, 1.54) is 11.8 Å². The predicted molar refractivity (Wildman–Crippen MR) is 126 cm³/mol. The Bertz CT molecular complexity index is 1010. The van der Waals surface area contributed by atoms with Crippen molar-refractivity contribution in [1.29, 1.82) is 0 Å². The van der Waals surface area contributed by atoms with Crippen LogP contribution in [0.4, 0.5) is 0 Å². The molecule has 2 aromatic rings. The van der Waals surface area contributed by atoms with E-state index in [-0.39, 0.29) is 5.91 Å². The number of carbonyl (C=O) groups is 1. The van der Waals surface area contributed by atoms with E-state index in [0.717, 1.165) is 67.2 Å². The van der Waals surface area contributed by atoms with Crippen LogP contribution in [-0.2, 0) is 16.6 Å². The second kappa shape index (κ2) is 9.09. The molecular formula is C22H27N3O3S2. The van der Waals surface area contributed by atoms with Gasteiger partial charge >= 0.3 is 0 Å². The molecule has 0 bridgehead atoms. The summed E-state index contributed by atoms with van der Waals surface area (Å²) in [5.41, 5.74) is 3.26. The Balaban J connectivity index is 1.52. The number of rotatable bonds is 6. The third kappa shape index (κ3) is 4.14. The molecule has 1 amide bonds. The van der Waals surface area contributed by atoms with Crippen molar-refractivity contribution in [2.75, 3.05) is 46.5 Å². The molecule has 160 valence electrons. The number of benzene rings is 1. The number of ether oxygens (including phenoxy) is 2. The fraction of sp³-hybridized carbons (Fsp3) is 0.455. The molecule has 0 radical (unpaired) electrons. The van der Waals surface area contributed by atoms with Crippen molar-refractivity contribution in [2.45, 2.75) is 13.3 Å². The Labute approximate surface area is 186 Å². The molecule has 2 saturated heterocycles. The molecule has 1 aromatic carbocycles. The van der Waals surface area contributed by atoms with Crippen LogP contribution in [0.3, 0.4) is 0 Å². The summed E-state index contributed by atoms with van der Waals surface area (Å²) in [6.45, 7) is 7.19. The number of aromatic nitrogens is 1. The van der Waals surface area contributed by atoms with Crippen LogP contribution in [0.25, 0.3) is 17.0 Å². The van der Waals surface area contributed by atoms with Crippen molar-refractivity contribution in [3.63, 3.8) is 0 Å². The first kappa shape index (κ1) is 21.4. The second-order valence-corrected chi connectivity index (χ2v) is 9.26. The van der Waals surface area contributed by atoms with E-state index in [1.807, 2.05) is 25.3 Å². The summed E-state index contributed by atoms with van der Waals surface area (Å²) >= 11 is 6.92. The van der Waals surface area contributed by atoms with Crippen LogP contribution in [0.1, 0.15) is 17.7 Å². The Morgan fingerprint density at radius 2 is 2.03 bits per heavy atom. The van der Waals surface area contributed by atoms with Crippen molar-refractivity contribution in [3.05, 3.63) is 34.4 Å². The van der Waals surface area contributed by atoms with Crippen LogP contribution in [0.2, 0.25) is 0 Å². The topological polar surface area (TPSA) is 46.9 Å². The lowest BCUT2D eigenvalue weighted by Gasteiger charge is -2.27. The molecule has 1 aromatic heterocycles. The number of fused-ring (bicyclic) bond motifs is 1. The van der Waals surface area contributed by atoms with Crippen LogP contribution >= 0.6 is 24.0 Å². The minimum absolute atomic E-state index is 0.00581. The van der Waals surface area contributed by atoms with Gasteiger partial charge in [0.1, 0.15) is 10.1 Å². The third-order valence-electron chi connectivity index (χ3n) is 5.86. The number of hydrogen-bond donors (Lipinski definition) is 0. The number of morpholine rings is 1. The van der Waals surface area contributed by atoms with Gasteiger partial charge in [-0.3, -0.25) is 14.6 Å². The smallest absolute Gasteiger partial charge is 0.266 e. The van der Waals surface area contributed by atoms with Crippen molar-refractivity contribution in [2.24, 2.45) is 7.05 Å². The zero-order valence-electron chi connectivity index (χ0n) is 17.6. The van der Waals surface area contributed by atoms with Gasteiger partial charge in [-0.05, 0) is 37.6 Å². The third-order valence-corrected chi connectivity index (χ3v) is 7.23. The fourth-order valence-electron chi connectivity index (χ4n) is 3.99. The minimum atomic E-state index is 0.00581. The van der Waals surface area contributed by atoms with Crippen LogP contribution in [0.5, 0.6) is 5.75 Å². The highest BCUT2D eigenvalue weighted by Crippen LogP contribution is 2.36. The summed E-state index contributed by atoms with van der Waals surface area (Å²) in [6.07, 6.45) is 2.89. The molecular weight excluding hydrogens is 418 g/mol. The molecule has 0 saturated carbocycles. The van der Waals surface area contributed by atoms with Gasteiger partial charge in [0.25, 0.3) is 5.91 Å². The summed E-state index contributed by atoms with van der Waals surface area (Å²) in [5, 5.41) is 1.08. The molecule has 30 heavy (non-hydrogen) atoms. The van der Waals surface area contributed by atoms with Crippen molar-refractivity contribution in [3.8, 4) is 5.75 Å². The molecule has 0 atom stereocenters. The van der Waals surface area contributed by atoms with E-state index in [1.54, 1.807) is 12.0 Å². The van der Waals surface area contributed by atoms with E-state index in [4.69, 9.17) is 21.7 Å². The van der Waals surface area contributed by atoms with Crippen molar-refractivity contribution < 1.29 is 14.3 Å². The van der Waals surface area contributed by atoms with Crippen LogP contribution in [0.15, 0.2) is 23.1 Å². The predicted octanol–water partition coefficient (Wildman–Crippen LogP) is 3.42. The quantitative estimate of drug-likeness (QED) is 0.502. The standard InChI is InChI=1S/C22H27N3O3S2/c1-15-17(18-13-16(27-3)5-6-19(18)23(15)2)14-20-21(26)25(22(29)30-20)8-4-7-24-9-11-28-12-10-24/h5-6,13-14H,4,7-12H2,1-3H3/b20-14-. The van der Waals surface area contributed by atoms with Gasteiger partial charge in [-0.15, -0.1) is 0 Å². The van der Waals surface area contributed by atoms with E-state index in [2.05, 4.69) is 22.5 Å². The lowest BCUT2D eigenvalue weighted by atomic mass is 10.1. The summed E-state index contributed by atoms with van der Waals surface area (Å²) in [7, 11) is 3.71. The second-order valence-electron chi connectivity index (χ2n) is 7.58. The number of nitrogens with zero attached hydrogens (tertiary/aromatic N) is 3. The highest BCUT2D eigenvalue weighted by Gasteiger charge is 2.32. The van der Waals surface area contributed by atoms with Gasteiger partial charge in [0.15, 0.2) is 0 Å². The molecule has 0 N–H and O–H groups in total. The first-order chi connectivity index (χ1) is 14.5. The Morgan fingerprint density at radius 1 is 1.27 bits per heavy atom.